The highest BCUT2D eigenvalue weighted by atomic mass is 16.4. The van der Waals surface area contributed by atoms with Gasteiger partial charge >= 0.3 is 12.0 Å². The normalized spacial score (nSPS) is 13.1. The maximum Gasteiger partial charge on any atom is 0.327 e. The molecule has 18 heavy (non-hydrogen) atoms. The number of nitrogens with one attached hydrogen (secondary N) is 3. The van der Waals surface area contributed by atoms with E-state index in [0.717, 1.165) is 0 Å². The lowest BCUT2D eigenvalue weighted by atomic mass is 10.2. The molecular formula is C10H13N5O3. The summed E-state index contributed by atoms with van der Waals surface area (Å²) >= 11 is 0. The molecule has 0 saturated carbocycles. The Kier molecular flexibility index (Phi) is 4.68. The van der Waals surface area contributed by atoms with Crippen LogP contribution >= 0.6 is 0 Å². The van der Waals surface area contributed by atoms with Crippen molar-refractivity contribution in [1.29, 1.82) is 0 Å². The van der Waals surface area contributed by atoms with E-state index in [-0.39, 0.29) is 6.42 Å². The van der Waals surface area contributed by atoms with Crippen molar-refractivity contribution in [2.24, 2.45) is 0 Å². The van der Waals surface area contributed by atoms with Gasteiger partial charge in [0.2, 0.25) is 0 Å². The van der Waals surface area contributed by atoms with E-state index in [9.17, 15) is 9.59 Å². The first-order valence-corrected chi connectivity index (χ1v) is 5.13. The predicted octanol–water partition coefficient (Wildman–Crippen LogP) is -0.359. The van der Waals surface area contributed by atoms with Crippen LogP contribution in [-0.2, 0) is 4.79 Å². The second-order valence-corrected chi connectivity index (χ2v) is 3.51. The van der Waals surface area contributed by atoms with E-state index in [4.69, 9.17) is 11.5 Å². The molecule has 2 atom stereocenters. The lowest BCUT2D eigenvalue weighted by Gasteiger charge is -2.15. The number of nitrogens with zero attached hydrogens (tertiary/aromatic N) is 2. The molecule has 8 heteroatoms. The molecule has 0 saturated heterocycles. The highest BCUT2D eigenvalue weighted by Crippen LogP contribution is 2.03. The maximum atomic E-state index is 11.5. The van der Waals surface area contributed by atoms with E-state index in [2.05, 4.69) is 31.7 Å². The molecular weight excluding hydrogens is 238 g/mol. The summed E-state index contributed by atoms with van der Waals surface area (Å²) in [6.45, 7) is 1.68. The van der Waals surface area contributed by atoms with E-state index >= 15 is 0 Å². The molecule has 0 fully saturated rings. The first kappa shape index (κ1) is 13.5. The number of carbonyl (C=O) groups is 2. The number of terminal acetylenes is 1. The molecule has 2 unspecified atom stereocenters. The number of H-pyrrole nitrogens is 1. The van der Waals surface area contributed by atoms with Crippen molar-refractivity contribution in [3.63, 3.8) is 0 Å². The van der Waals surface area contributed by atoms with Gasteiger partial charge in [-0.1, -0.05) is 0 Å². The minimum Gasteiger partial charge on any atom is -0.480 e. The lowest BCUT2D eigenvalue weighted by molar-refractivity contribution is -0.139. The fourth-order valence-corrected chi connectivity index (χ4v) is 1.21. The third-order valence-electron chi connectivity index (χ3n) is 2.12. The van der Waals surface area contributed by atoms with Gasteiger partial charge < -0.3 is 15.7 Å². The van der Waals surface area contributed by atoms with Crippen molar-refractivity contribution in [3.8, 4) is 12.3 Å². The fourth-order valence-electron chi connectivity index (χ4n) is 1.21. The third-order valence-corrected chi connectivity index (χ3v) is 2.12. The van der Waals surface area contributed by atoms with E-state index < -0.39 is 24.1 Å². The van der Waals surface area contributed by atoms with E-state index in [0.29, 0.717) is 5.82 Å². The number of aromatic nitrogens is 3. The van der Waals surface area contributed by atoms with Crippen LogP contribution in [0.15, 0.2) is 6.33 Å². The van der Waals surface area contributed by atoms with Gasteiger partial charge in [-0.25, -0.2) is 14.6 Å². The summed E-state index contributed by atoms with van der Waals surface area (Å²) in [4.78, 5) is 26.2. The number of aromatic amines is 1. The molecule has 96 valence electrons. The average Bonchev–Trinajstić information content (AvgIpc) is 2.81. The summed E-state index contributed by atoms with van der Waals surface area (Å²) in [5.41, 5.74) is 0. The van der Waals surface area contributed by atoms with Crippen molar-refractivity contribution in [2.45, 2.75) is 25.4 Å². The van der Waals surface area contributed by atoms with E-state index in [1.54, 1.807) is 6.92 Å². The van der Waals surface area contributed by atoms with Gasteiger partial charge in [0.05, 0.1) is 6.04 Å². The summed E-state index contributed by atoms with van der Waals surface area (Å²) in [5.74, 6) is 1.47. The standard InChI is InChI=1S/C10H13N5O3/c1-3-4-7(9(16)17)14-10(18)13-6(2)8-11-5-12-15-8/h1,5-7H,4H2,2H3,(H,16,17)(H,11,12,15)(H2,13,14,18). The summed E-state index contributed by atoms with van der Waals surface area (Å²) in [7, 11) is 0. The van der Waals surface area contributed by atoms with Crippen LogP contribution in [0.2, 0.25) is 0 Å². The molecule has 8 nitrogen and oxygen atoms in total. The predicted molar refractivity (Wildman–Crippen MR) is 61.3 cm³/mol. The molecule has 4 N–H and O–H groups in total. The lowest BCUT2D eigenvalue weighted by Crippen LogP contribution is -2.46. The minimum atomic E-state index is -1.18. The highest BCUT2D eigenvalue weighted by Gasteiger charge is 2.20. The molecule has 2 amide bonds. The van der Waals surface area contributed by atoms with Crippen LogP contribution < -0.4 is 10.6 Å². The zero-order chi connectivity index (χ0) is 13.5. The van der Waals surface area contributed by atoms with Crippen molar-refractivity contribution in [3.05, 3.63) is 12.2 Å². The van der Waals surface area contributed by atoms with Gasteiger partial charge in [-0.15, -0.1) is 12.3 Å². The smallest absolute Gasteiger partial charge is 0.327 e. The van der Waals surface area contributed by atoms with Crippen molar-refractivity contribution in [1.82, 2.24) is 25.8 Å². The molecule has 0 aliphatic rings. The van der Waals surface area contributed by atoms with Crippen LogP contribution in [0, 0.1) is 12.3 Å². The first-order valence-electron chi connectivity index (χ1n) is 5.13. The van der Waals surface area contributed by atoms with E-state index in [1.165, 1.54) is 6.33 Å². The van der Waals surface area contributed by atoms with Crippen LogP contribution in [0.3, 0.4) is 0 Å². The summed E-state index contributed by atoms with van der Waals surface area (Å²) in [6, 6.07) is -2.17. The molecule has 0 radical (unpaired) electrons. The number of carboxylic acid groups (broad SMARTS) is 1. The Morgan fingerprint density at radius 2 is 2.33 bits per heavy atom. The van der Waals surface area contributed by atoms with Gasteiger partial charge in [0.1, 0.15) is 18.2 Å². The number of rotatable bonds is 5. The minimum absolute atomic E-state index is 0.0839. The van der Waals surface area contributed by atoms with Crippen molar-refractivity contribution in [2.75, 3.05) is 0 Å². The number of aliphatic carboxylic acids is 1. The molecule has 1 rings (SSSR count). The maximum absolute atomic E-state index is 11.5. The Labute approximate surface area is 103 Å². The second kappa shape index (κ2) is 6.24. The topological polar surface area (TPSA) is 120 Å². The molecule has 1 heterocycles. The zero-order valence-electron chi connectivity index (χ0n) is 9.67. The molecule has 0 spiro atoms. The zero-order valence-corrected chi connectivity index (χ0v) is 9.67. The van der Waals surface area contributed by atoms with Gasteiger partial charge in [0.25, 0.3) is 0 Å². The number of hydrogen-bond donors (Lipinski definition) is 4. The third kappa shape index (κ3) is 3.79. The molecule has 1 aromatic heterocycles. The number of urea groups is 1. The number of amides is 2. The average molecular weight is 251 g/mol. The summed E-state index contributed by atoms with van der Waals surface area (Å²) < 4.78 is 0. The Balaban J connectivity index is 2.50. The Morgan fingerprint density at radius 3 is 2.83 bits per heavy atom. The Bertz CT molecular complexity index is 451. The molecule has 0 aromatic carbocycles. The Morgan fingerprint density at radius 1 is 1.61 bits per heavy atom. The van der Waals surface area contributed by atoms with Gasteiger partial charge in [-0.05, 0) is 6.92 Å². The van der Waals surface area contributed by atoms with Gasteiger partial charge in [0, 0.05) is 6.42 Å². The largest absolute Gasteiger partial charge is 0.480 e. The van der Waals surface area contributed by atoms with Crippen molar-refractivity contribution >= 4 is 12.0 Å². The second-order valence-electron chi connectivity index (χ2n) is 3.51. The number of hydrogen-bond acceptors (Lipinski definition) is 4. The molecule has 1 aromatic rings. The van der Waals surface area contributed by atoms with Crippen LogP contribution in [0.4, 0.5) is 4.79 Å². The SMILES string of the molecule is C#CCC(NC(=O)NC(C)c1ncn[nH]1)C(=O)O. The van der Waals surface area contributed by atoms with Crippen LogP contribution in [0.25, 0.3) is 0 Å². The van der Waals surface area contributed by atoms with Crippen molar-refractivity contribution < 1.29 is 14.7 Å². The fraction of sp³-hybridized carbons (Fsp3) is 0.400. The summed E-state index contributed by atoms with van der Waals surface area (Å²) in [6.07, 6.45) is 6.24. The van der Waals surface area contributed by atoms with Gasteiger partial charge in [-0.2, -0.15) is 5.10 Å². The summed E-state index contributed by atoms with van der Waals surface area (Å²) in [5, 5.41) is 19.8. The quantitative estimate of drug-likeness (QED) is 0.533. The molecule has 0 aliphatic heterocycles. The monoisotopic (exact) mass is 251 g/mol. The highest BCUT2D eigenvalue weighted by molar-refractivity contribution is 5.82. The van der Waals surface area contributed by atoms with Crippen LogP contribution in [0.5, 0.6) is 0 Å². The van der Waals surface area contributed by atoms with Gasteiger partial charge in [-0.3, -0.25) is 5.10 Å². The van der Waals surface area contributed by atoms with Crippen LogP contribution in [-0.4, -0.2) is 38.3 Å². The molecule has 0 aliphatic carbocycles. The number of carbonyl (C=O) groups excluding carboxylic acids is 1. The molecule has 0 bridgehead atoms. The number of carboxylic acids is 1. The Hall–Kier alpha value is -2.56. The van der Waals surface area contributed by atoms with Gasteiger partial charge in [0.15, 0.2) is 0 Å². The van der Waals surface area contributed by atoms with E-state index in [1.807, 2.05) is 0 Å². The first-order chi connectivity index (χ1) is 8.54. The van der Waals surface area contributed by atoms with Crippen LogP contribution in [0.1, 0.15) is 25.2 Å².